The van der Waals surface area contributed by atoms with Gasteiger partial charge >= 0.3 is 5.97 Å². The number of fused-ring (bicyclic) bond motifs is 1. The standard InChI is InChI=1S/C17H17FN4O3/c18-11-4-6-12(7-5-11)22-19-8-14(20-22)16(23)21-9-10-2-1-3-13(10)15(21)17(24)25/h4-8,10,13,15H,1-3,9H2,(H,24,25). The van der Waals surface area contributed by atoms with Crippen LogP contribution in [0, 0.1) is 17.7 Å². The van der Waals surface area contributed by atoms with Crippen molar-refractivity contribution in [2.45, 2.75) is 25.3 Å². The molecule has 1 aromatic carbocycles. The van der Waals surface area contributed by atoms with Gasteiger partial charge < -0.3 is 10.0 Å². The molecule has 3 unspecified atom stereocenters. The summed E-state index contributed by atoms with van der Waals surface area (Å²) in [7, 11) is 0. The van der Waals surface area contributed by atoms with Gasteiger partial charge in [-0.1, -0.05) is 6.42 Å². The van der Waals surface area contributed by atoms with Crippen molar-refractivity contribution in [3.63, 3.8) is 0 Å². The number of carboxylic acids is 1. The summed E-state index contributed by atoms with van der Waals surface area (Å²) in [5, 5.41) is 17.7. The molecule has 1 aromatic heterocycles. The highest BCUT2D eigenvalue weighted by Gasteiger charge is 2.50. The summed E-state index contributed by atoms with van der Waals surface area (Å²) in [4.78, 5) is 27.1. The zero-order valence-electron chi connectivity index (χ0n) is 13.4. The molecule has 1 aliphatic carbocycles. The molecule has 7 nitrogen and oxygen atoms in total. The van der Waals surface area contributed by atoms with Crippen LogP contribution in [0.3, 0.4) is 0 Å². The third-order valence-corrected chi connectivity index (χ3v) is 5.17. The average Bonchev–Trinajstić information content (AvgIpc) is 3.29. The van der Waals surface area contributed by atoms with E-state index >= 15 is 0 Å². The molecule has 1 N–H and O–H groups in total. The van der Waals surface area contributed by atoms with Gasteiger partial charge in [0.2, 0.25) is 0 Å². The highest BCUT2D eigenvalue weighted by molar-refractivity contribution is 5.95. The molecule has 0 radical (unpaired) electrons. The summed E-state index contributed by atoms with van der Waals surface area (Å²) in [6.07, 6.45) is 4.13. The van der Waals surface area contributed by atoms with Crippen LogP contribution in [0.5, 0.6) is 0 Å². The van der Waals surface area contributed by atoms with Gasteiger partial charge in [-0.15, -0.1) is 5.10 Å². The molecule has 1 saturated heterocycles. The van der Waals surface area contributed by atoms with E-state index in [9.17, 15) is 19.1 Å². The SMILES string of the molecule is O=C(O)C1C2CCCC2CN1C(=O)c1cnn(-c2ccc(F)cc2)n1. The summed E-state index contributed by atoms with van der Waals surface area (Å²) < 4.78 is 13.0. The van der Waals surface area contributed by atoms with Crippen molar-refractivity contribution < 1.29 is 19.1 Å². The minimum Gasteiger partial charge on any atom is -0.480 e. The Hall–Kier alpha value is -2.77. The van der Waals surface area contributed by atoms with E-state index in [0.29, 0.717) is 12.2 Å². The lowest BCUT2D eigenvalue weighted by atomic mass is 9.94. The van der Waals surface area contributed by atoms with Crippen molar-refractivity contribution in [3.8, 4) is 5.69 Å². The van der Waals surface area contributed by atoms with Crippen LogP contribution >= 0.6 is 0 Å². The monoisotopic (exact) mass is 344 g/mol. The number of amides is 1. The highest BCUT2D eigenvalue weighted by atomic mass is 19.1. The van der Waals surface area contributed by atoms with Crippen molar-refractivity contribution >= 4 is 11.9 Å². The smallest absolute Gasteiger partial charge is 0.326 e. The minimum absolute atomic E-state index is 0.0218. The predicted octanol–water partition coefficient (Wildman–Crippen LogP) is 1.73. The number of halogens is 1. The number of rotatable bonds is 3. The third-order valence-electron chi connectivity index (χ3n) is 5.17. The first-order chi connectivity index (χ1) is 12.0. The molecule has 2 fully saturated rings. The van der Waals surface area contributed by atoms with E-state index in [0.717, 1.165) is 19.3 Å². The predicted molar refractivity (Wildman–Crippen MR) is 84.6 cm³/mol. The Bertz CT molecular complexity index is 820. The number of aromatic nitrogens is 3. The summed E-state index contributed by atoms with van der Waals surface area (Å²) in [6, 6.07) is 4.77. The molecule has 0 spiro atoms. The maximum Gasteiger partial charge on any atom is 0.326 e. The van der Waals surface area contributed by atoms with Gasteiger partial charge in [0.25, 0.3) is 5.91 Å². The van der Waals surface area contributed by atoms with Gasteiger partial charge in [0.15, 0.2) is 5.69 Å². The van der Waals surface area contributed by atoms with Crippen LogP contribution < -0.4 is 0 Å². The van der Waals surface area contributed by atoms with Gasteiger partial charge in [-0.3, -0.25) is 4.79 Å². The Morgan fingerprint density at radius 1 is 1.20 bits per heavy atom. The van der Waals surface area contributed by atoms with Gasteiger partial charge in [-0.05, 0) is 48.9 Å². The molecule has 0 bridgehead atoms. The summed E-state index contributed by atoms with van der Waals surface area (Å²) in [6.45, 7) is 0.448. The van der Waals surface area contributed by atoms with Crippen molar-refractivity contribution in [2.24, 2.45) is 11.8 Å². The van der Waals surface area contributed by atoms with Gasteiger partial charge in [-0.2, -0.15) is 9.90 Å². The molecule has 1 aliphatic heterocycles. The van der Waals surface area contributed by atoms with Gasteiger partial charge in [0.05, 0.1) is 11.9 Å². The van der Waals surface area contributed by atoms with Gasteiger partial charge in [0, 0.05) is 6.54 Å². The zero-order valence-corrected chi connectivity index (χ0v) is 13.4. The van der Waals surface area contributed by atoms with Crippen LogP contribution in [-0.2, 0) is 4.79 Å². The van der Waals surface area contributed by atoms with Crippen LogP contribution in [-0.4, -0.2) is 49.5 Å². The number of carbonyl (C=O) groups is 2. The van der Waals surface area contributed by atoms with Crippen LogP contribution in [0.25, 0.3) is 5.69 Å². The fraction of sp³-hybridized carbons (Fsp3) is 0.412. The molecule has 130 valence electrons. The van der Waals surface area contributed by atoms with Crippen molar-refractivity contribution in [3.05, 3.63) is 42.0 Å². The fourth-order valence-corrected chi connectivity index (χ4v) is 4.04. The Morgan fingerprint density at radius 2 is 1.96 bits per heavy atom. The van der Waals surface area contributed by atoms with E-state index < -0.39 is 17.9 Å². The zero-order chi connectivity index (χ0) is 17.6. The number of benzene rings is 1. The molecule has 2 heterocycles. The van der Waals surface area contributed by atoms with E-state index in [1.807, 2.05) is 0 Å². The highest BCUT2D eigenvalue weighted by Crippen LogP contribution is 2.42. The van der Waals surface area contributed by atoms with E-state index in [1.165, 1.54) is 40.2 Å². The fourth-order valence-electron chi connectivity index (χ4n) is 4.04. The molecule has 1 saturated carbocycles. The first-order valence-electron chi connectivity index (χ1n) is 8.26. The maximum absolute atomic E-state index is 13.0. The van der Waals surface area contributed by atoms with E-state index in [-0.39, 0.29) is 23.3 Å². The second kappa shape index (κ2) is 5.94. The molecule has 25 heavy (non-hydrogen) atoms. The molecule has 2 aliphatic rings. The first kappa shape index (κ1) is 15.7. The largest absolute Gasteiger partial charge is 0.480 e. The number of hydrogen-bond acceptors (Lipinski definition) is 4. The average molecular weight is 344 g/mol. The number of likely N-dealkylation sites (tertiary alicyclic amines) is 1. The van der Waals surface area contributed by atoms with Crippen molar-refractivity contribution in [2.75, 3.05) is 6.54 Å². The quantitative estimate of drug-likeness (QED) is 0.916. The summed E-state index contributed by atoms with van der Waals surface area (Å²) >= 11 is 0. The minimum atomic E-state index is -0.964. The number of nitrogens with zero attached hydrogens (tertiary/aromatic N) is 4. The number of carbonyl (C=O) groups excluding carboxylic acids is 1. The lowest BCUT2D eigenvalue weighted by molar-refractivity contribution is -0.142. The summed E-state index contributed by atoms with van der Waals surface area (Å²) in [5.74, 6) is -1.49. The Kier molecular flexibility index (Phi) is 3.74. The number of carboxylic acid groups (broad SMARTS) is 1. The Morgan fingerprint density at radius 3 is 2.68 bits per heavy atom. The van der Waals surface area contributed by atoms with Crippen LogP contribution in [0.2, 0.25) is 0 Å². The third kappa shape index (κ3) is 2.67. The van der Waals surface area contributed by atoms with Crippen LogP contribution in [0.4, 0.5) is 4.39 Å². The lowest BCUT2D eigenvalue weighted by Crippen LogP contribution is -2.43. The van der Waals surface area contributed by atoms with E-state index in [4.69, 9.17) is 0 Å². The normalized spacial score (nSPS) is 25.2. The Labute approximate surface area is 143 Å². The molecule has 1 amide bonds. The molecular formula is C17H17FN4O3. The second-order valence-corrected chi connectivity index (χ2v) is 6.59. The van der Waals surface area contributed by atoms with Crippen molar-refractivity contribution in [1.82, 2.24) is 19.9 Å². The van der Waals surface area contributed by atoms with Gasteiger partial charge in [0.1, 0.15) is 11.9 Å². The molecule has 3 atom stereocenters. The van der Waals surface area contributed by atoms with Crippen LogP contribution in [0.1, 0.15) is 29.8 Å². The second-order valence-electron chi connectivity index (χ2n) is 6.59. The van der Waals surface area contributed by atoms with Crippen LogP contribution in [0.15, 0.2) is 30.5 Å². The molecule has 4 rings (SSSR count). The lowest BCUT2D eigenvalue weighted by Gasteiger charge is -2.23. The number of aliphatic carboxylic acids is 1. The van der Waals surface area contributed by atoms with Crippen molar-refractivity contribution in [1.29, 1.82) is 0 Å². The molecule has 2 aromatic rings. The first-order valence-corrected chi connectivity index (χ1v) is 8.26. The molecule has 8 heteroatoms. The number of hydrogen-bond donors (Lipinski definition) is 1. The maximum atomic E-state index is 13.0. The summed E-state index contributed by atoms with van der Waals surface area (Å²) in [5.41, 5.74) is 0.615. The van der Waals surface area contributed by atoms with E-state index in [2.05, 4.69) is 10.2 Å². The Balaban J connectivity index is 1.59. The van der Waals surface area contributed by atoms with Gasteiger partial charge in [-0.25, -0.2) is 9.18 Å². The topological polar surface area (TPSA) is 88.3 Å². The molecular weight excluding hydrogens is 327 g/mol. The van der Waals surface area contributed by atoms with E-state index in [1.54, 1.807) is 0 Å².